The number of nitrogens with zero attached hydrogens (tertiary/aromatic N) is 1. The Morgan fingerprint density at radius 2 is 2.05 bits per heavy atom. The molecular weight excluding hydrogens is 312 g/mol. The highest BCUT2D eigenvalue weighted by Crippen LogP contribution is 2.27. The molecular formula is C14H21ClN2O3S. The summed E-state index contributed by atoms with van der Waals surface area (Å²) in [7, 11) is -3.44. The van der Waals surface area contributed by atoms with Crippen LogP contribution in [0, 0.1) is 6.92 Å². The van der Waals surface area contributed by atoms with E-state index in [-0.39, 0.29) is 19.0 Å². The van der Waals surface area contributed by atoms with Crippen molar-refractivity contribution in [2.24, 2.45) is 0 Å². The van der Waals surface area contributed by atoms with Crippen LogP contribution in [-0.2, 0) is 14.8 Å². The Morgan fingerprint density at radius 3 is 2.62 bits per heavy atom. The molecule has 1 aromatic carbocycles. The van der Waals surface area contributed by atoms with Crippen molar-refractivity contribution in [2.45, 2.75) is 26.7 Å². The van der Waals surface area contributed by atoms with Gasteiger partial charge in [-0.25, -0.2) is 8.42 Å². The lowest BCUT2D eigenvalue weighted by molar-refractivity contribution is -0.121. The van der Waals surface area contributed by atoms with E-state index in [2.05, 4.69) is 5.32 Å². The monoisotopic (exact) mass is 332 g/mol. The Kier molecular flexibility index (Phi) is 6.48. The highest BCUT2D eigenvalue weighted by atomic mass is 35.5. The average molecular weight is 333 g/mol. The van der Waals surface area contributed by atoms with Crippen LogP contribution in [0.3, 0.4) is 0 Å². The Morgan fingerprint density at radius 1 is 1.38 bits per heavy atom. The topological polar surface area (TPSA) is 66.5 Å². The van der Waals surface area contributed by atoms with Crippen LogP contribution in [0.25, 0.3) is 0 Å². The molecule has 1 rings (SSSR count). The summed E-state index contributed by atoms with van der Waals surface area (Å²) >= 11 is 6.04. The van der Waals surface area contributed by atoms with E-state index in [4.69, 9.17) is 11.6 Å². The molecule has 1 amide bonds. The first-order valence-corrected chi connectivity index (χ1v) is 8.99. The van der Waals surface area contributed by atoms with E-state index in [9.17, 15) is 13.2 Å². The quantitative estimate of drug-likeness (QED) is 0.833. The van der Waals surface area contributed by atoms with Gasteiger partial charge in [-0.15, -0.1) is 0 Å². The molecule has 0 aromatic heterocycles. The predicted molar refractivity (Wildman–Crippen MR) is 86.3 cm³/mol. The van der Waals surface area contributed by atoms with E-state index in [0.29, 0.717) is 22.7 Å². The van der Waals surface area contributed by atoms with E-state index in [1.54, 1.807) is 25.1 Å². The summed E-state index contributed by atoms with van der Waals surface area (Å²) < 4.78 is 25.2. The van der Waals surface area contributed by atoms with E-state index in [1.807, 2.05) is 6.92 Å². The van der Waals surface area contributed by atoms with Crippen molar-refractivity contribution in [1.82, 2.24) is 5.32 Å². The van der Waals surface area contributed by atoms with Gasteiger partial charge in [0.05, 0.1) is 18.5 Å². The van der Waals surface area contributed by atoms with Gasteiger partial charge in [0.1, 0.15) is 0 Å². The summed E-state index contributed by atoms with van der Waals surface area (Å²) in [5, 5.41) is 3.22. The van der Waals surface area contributed by atoms with Gasteiger partial charge in [0, 0.05) is 18.0 Å². The van der Waals surface area contributed by atoms with Gasteiger partial charge in [-0.1, -0.05) is 24.6 Å². The lowest BCUT2D eigenvalue weighted by atomic mass is 10.2. The number of benzene rings is 1. The number of nitrogens with one attached hydrogen (secondary N) is 1. The minimum absolute atomic E-state index is 0.0752. The van der Waals surface area contributed by atoms with Gasteiger partial charge < -0.3 is 5.32 Å². The molecule has 118 valence electrons. The second-order valence-corrected chi connectivity index (χ2v) is 7.13. The SMILES string of the molecule is CCCC(=O)NCCN(c1cccc(Cl)c1C)S(C)(=O)=O. The summed E-state index contributed by atoms with van der Waals surface area (Å²) in [6, 6.07) is 5.12. The van der Waals surface area contributed by atoms with E-state index in [1.165, 1.54) is 4.31 Å². The zero-order valence-corrected chi connectivity index (χ0v) is 14.1. The summed E-state index contributed by atoms with van der Waals surface area (Å²) in [6.45, 7) is 4.12. The van der Waals surface area contributed by atoms with Crippen LogP contribution in [0.4, 0.5) is 5.69 Å². The summed E-state index contributed by atoms with van der Waals surface area (Å²) in [6.07, 6.45) is 2.34. The van der Waals surface area contributed by atoms with Gasteiger partial charge >= 0.3 is 0 Å². The summed E-state index contributed by atoms with van der Waals surface area (Å²) in [5.74, 6) is -0.0752. The molecule has 21 heavy (non-hydrogen) atoms. The number of halogens is 1. The first-order chi connectivity index (χ1) is 9.77. The molecule has 7 heteroatoms. The number of carbonyl (C=O) groups is 1. The fourth-order valence-electron chi connectivity index (χ4n) is 1.94. The fourth-order valence-corrected chi connectivity index (χ4v) is 3.09. The standard InChI is InChI=1S/C14H21ClN2O3S/c1-4-6-14(18)16-9-10-17(21(3,19)20)13-8-5-7-12(15)11(13)2/h5,7-8H,4,6,9-10H2,1-3H3,(H,16,18). The Balaban J connectivity index is 2.88. The largest absolute Gasteiger partial charge is 0.354 e. The molecule has 0 atom stereocenters. The predicted octanol–water partition coefficient (Wildman–Crippen LogP) is 2.33. The molecule has 0 aliphatic carbocycles. The van der Waals surface area contributed by atoms with Gasteiger partial charge in [-0.05, 0) is 31.0 Å². The number of amides is 1. The van der Waals surface area contributed by atoms with Crippen molar-refractivity contribution in [3.05, 3.63) is 28.8 Å². The third kappa shape index (κ3) is 5.21. The van der Waals surface area contributed by atoms with Gasteiger partial charge in [0.15, 0.2) is 0 Å². The second kappa shape index (κ2) is 7.66. The maximum Gasteiger partial charge on any atom is 0.232 e. The van der Waals surface area contributed by atoms with Crippen LogP contribution >= 0.6 is 11.6 Å². The van der Waals surface area contributed by atoms with Gasteiger partial charge in [0.25, 0.3) is 0 Å². The first kappa shape index (κ1) is 17.8. The van der Waals surface area contributed by atoms with E-state index < -0.39 is 10.0 Å². The van der Waals surface area contributed by atoms with Crippen molar-refractivity contribution in [2.75, 3.05) is 23.7 Å². The highest BCUT2D eigenvalue weighted by Gasteiger charge is 2.19. The maximum atomic E-state index is 12.0. The maximum absolute atomic E-state index is 12.0. The molecule has 0 saturated carbocycles. The van der Waals surface area contributed by atoms with E-state index in [0.717, 1.165) is 12.7 Å². The smallest absolute Gasteiger partial charge is 0.232 e. The molecule has 5 nitrogen and oxygen atoms in total. The van der Waals surface area contributed by atoms with Crippen LogP contribution in [0.5, 0.6) is 0 Å². The highest BCUT2D eigenvalue weighted by molar-refractivity contribution is 7.92. The minimum atomic E-state index is -3.44. The zero-order valence-electron chi connectivity index (χ0n) is 12.5. The number of carbonyl (C=O) groups excluding carboxylic acids is 1. The normalized spacial score (nSPS) is 11.2. The van der Waals surface area contributed by atoms with Crippen LogP contribution in [0.2, 0.25) is 5.02 Å². The van der Waals surface area contributed by atoms with Crippen LogP contribution in [-0.4, -0.2) is 33.7 Å². The number of anilines is 1. The van der Waals surface area contributed by atoms with Crippen LogP contribution < -0.4 is 9.62 Å². The lowest BCUT2D eigenvalue weighted by Crippen LogP contribution is -2.38. The van der Waals surface area contributed by atoms with Crippen molar-refractivity contribution < 1.29 is 13.2 Å². The van der Waals surface area contributed by atoms with Gasteiger partial charge in [-0.3, -0.25) is 9.10 Å². The van der Waals surface area contributed by atoms with Crippen LogP contribution in [0.1, 0.15) is 25.3 Å². The Hall–Kier alpha value is -1.27. The molecule has 0 aliphatic heterocycles. The number of hydrogen-bond acceptors (Lipinski definition) is 3. The third-order valence-corrected chi connectivity index (χ3v) is 4.61. The van der Waals surface area contributed by atoms with Crippen molar-refractivity contribution >= 4 is 33.2 Å². The van der Waals surface area contributed by atoms with E-state index >= 15 is 0 Å². The number of rotatable bonds is 7. The summed E-state index contributed by atoms with van der Waals surface area (Å²) in [5.41, 5.74) is 1.24. The Labute approximate surface area is 131 Å². The molecule has 0 spiro atoms. The molecule has 0 fully saturated rings. The minimum Gasteiger partial charge on any atom is -0.354 e. The van der Waals surface area contributed by atoms with Gasteiger partial charge in [-0.2, -0.15) is 0 Å². The molecule has 0 saturated heterocycles. The molecule has 0 aliphatic rings. The average Bonchev–Trinajstić information content (AvgIpc) is 2.37. The Bertz CT molecular complexity index is 602. The second-order valence-electron chi connectivity index (χ2n) is 4.82. The number of sulfonamides is 1. The van der Waals surface area contributed by atoms with Crippen molar-refractivity contribution in [3.8, 4) is 0 Å². The molecule has 0 heterocycles. The third-order valence-electron chi connectivity index (χ3n) is 3.02. The number of hydrogen-bond donors (Lipinski definition) is 1. The molecule has 1 N–H and O–H groups in total. The van der Waals surface area contributed by atoms with Crippen molar-refractivity contribution in [3.63, 3.8) is 0 Å². The zero-order chi connectivity index (χ0) is 16.0. The molecule has 1 aromatic rings. The fraction of sp³-hybridized carbons (Fsp3) is 0.500. The van der Waals surface area contributed by atoms with Gasteiger partial charge in [0.2, 0.25) is 15.9 Å². The molecule has 0 bridgehead atoms. The van der Waals surface area contributed by atoms with Crippen LogP contribution in [0.15, 0.2) is 18.2 Å². The lowest BCUT2D eigenvalue weighted by Gasteiger charge is -2.24. The molecule has 0 radical (unpaired) electrons. The first-order valence-electron chi connectivity index (χ1n) is 6.77. The summed E-state index contributed by atoms with van der Waals surface area (Å²) in [4.78, 5) is 11.4. The molecule has 0 unspecified atom stereocenters. The van der Waals surface area contributed by atoms with Crippen molar-refractivity contribution in [1.29, 1.82) is 0 Å².